The molecule has 0 aliphatic carbocycles. The number of nitrogens with zero attached hydrogens (tertiary/aromatic N) is 1. The SMILES string of the molecule is O=C(O)[C@@H]1Cc2ccccc2CN1C(=O)NC1CCSC1. The van der Waals surface area contributed by atoms with E-state index < -0.39 is 12.0 Å². The van der Waals surface area contributed by atoms with E-state index in [0.29, 0.717) is 13.0 Å². The molecule has 0 aromatic heterocycles. The van der Waals surface area contributed by atoms with Gasteiger partial charge in [-0.2, -0.15) is 11.8 Å². The van der Waals surface area contributed by atoms with Crippen LogP contribution in [-0.2, 0) is 17.8 Å². The Hall–Kier alpha value is -1.69. The number of fused-ring (bicyclic) bond motifs is 1. The molecule has 2 amide bonds. The number of rotatable bonds is 2. The van der Waals surface area contributed by atoms with Crippen molar-refractivity contribution in [2.24, 2.45) is 0 Å². The first-order chi connectivity index (χ1) is 10.1. The molecule has 6 heteroatoms. The Morgan fingerprint density at radius 3 is 2.71 bits per heavy atom. The predicted octanol–water partition coefficient (Wildman–Crippen LogP) is 1.71. The summed E-state index contributed by atoms with van der Waals surface area (Å²) < 4.78 is 0. The number of carbonyl (C=O) groups is 2. The smallest absolute Gasteiger partial charge is 0.326 e. The zero-order valence-corrected chi connectivity index (χ0v) is 12.4. The summed E-state index contributed by atoms with van der Waals surface area (Å²) in [5.41, 5.74) is 2.05. The monoisotopic (exact) mass is 306 g/mol. The number of carbonyl (C=O) groups excluding carboxylic acids is 1. The fraction of sp³-hybridized carbons (Fsp3) is 0.467. The van der Waals surface area contributed by atoms with Crippen molar-refractivity contribution < 1.29 is 14.7 Å². The standard InChI is InChI=1S/C15H18N2O3S/c18-14(19)13-7-10-3-1-2-4-11(10)8-17(13)15(20)16-12-5-6-21-9-12/h1-4,12-13H,5-9H2,(H,16,20)(H,18,19)/t12?,13-/m0/s1. The summed E-state index contributed by atoms with van der Waals surface area (Å²) >= 11 is 1.82. The number of nitrogens with one attached hydrogen (secondary N) is 1. The van der Waals surface area contributed by atoms with Crippen LogP contribution in [0.4, 0.5) is 4.79 Å². The number of thioether (sulfide) groups is 1. The van der Waals surface area contributed by atoms with E-state index in [9.17, 15) is 14.7 Å². The van der Waals surface area contributed by atoms with Crippen LogP contribution in [0, 0.1) is 0 Å². The van der Waals surface area contributed by atoms with Crippen LogP contribution in [0.25, 0.3) is 0 Å². The highest BCUT2D eigenvalue weighted by molar-refractivity contribution is 7.99. The maximum Gasteiger partial charge on any atom is 0.326 e. The van der Waals surface area contributed by atoms with Gasteiger partial charge in [0.05, 0.1) is 0 Å². The summed E-state index contributed by atoms with van der Waals surface area (Å²) in [4.78, 5) is 25.4. The van der Waals surface area contributed by atoms with Crippen LogP contribution >= 0.6 is 11.8 Å². The van der Waals surface area contributed by atoms with Gasteiger partial charge in [0, 0.05) is 24.8 Å². The fourth-order valence-corrected chi connectivity index (χ4v) is 4.02. The highest BCUT2D eigenvalue weighted by atomic mass is 32.2. The van der Waals surface area contributed by atoms with Gasteiger partial charge >= 0.3 is 12.0 Å². The predicted molar refractivity (Wildman–Crippen MR) is 81.4 cm³/mol. The number of hydrogen-bond acceptors (Lipinski definition) is 3. The molecule has 1 aromatic rings. The molecule has 5 nitrogen and oxygen atoms in total. The van der Waals surface area contributed by atoms with Crippen LogP contribution in [0.15, 0.2) is 24.3 Å². The lowest BCUT2D eigenvalue weighted by atomic mass is 9.94. The summed E-state index contributed by atoms with van der Waals surface area (Å²) in [6.45, 7) is 0.360. The van der Waals surface area contributed by atoms with Crippen molar-refractivity contribution in [2.45, 2.75) is 31.5 Å². The molecular formula is C15H18N2O3S. The molecule has 112 valence electrons. The quantitative estimate of drug-likeness (QED) is 0.873. The van der Waals surface area contributed by atoms with E-state index in [1.54, 1.807) is 0 Å². The van der Waals surface area contributed by atoms with E-state index in [4.69, 9.17) is 0 Å². The molecule has 1 fully saturated rings. The minimum atomic E-state index is -0.944. The van der Waals surface area contributed by atoms with Gasteiger partial charge in [0.1, 0.15) is 6.04 Å². The molecule has 2 N–H and O–H groups in total. The first kappa shape index (κ1) is 14.3. The van der Waals surface area contributed by atoms with Gasteiger partial charge in [0.25, 0.3) is 0 Å². The first-order valence-corrected chi connectivity index (χ1v) is 8.25. The Labute approximate surface area is 127 Å². The Morgan fingerprint density at radius 2 is 2.05 bits per heavy atom. The minimum absolute atomic E-state index is 0.161. The molecule has 21 heavy (non-hydrogen) atoms. The molecule has 2 heterocycles. The Kier molecular flexibility index (Phi) is 4.05. The first-order valence-electron chi connectivity index (χ1n) is 7.09. The van der Waals surface area contributed by atoms with Crippen molar-refractivity contribution in [2.75, 3.05) is 11.5 Å². The van der Waals surface area contributed by atoms with E-state index in [-0.39, 0.29) is 12.1 Å². The van der Waals surface area contributed by atoms with Crippen LogP contribution in [0.1, 0.15) is 17.5 Å². The maximum atomic E-state index is 12.4. The average molecular weight is 306 g/mol. The molecule has 2 atom stereocenters. The van der Waals surface area contributed by atoms with Crippen LogP contribution in [0.5, 0.6) is 0 Å². The molecule has 3 rings (SSSR count). The van der Waals surface area contributed by atoms with Crippen LogP contribution in [0.3, 0.4) is 0 Å². The third-order valence-corrected chi connectivity index (χ3v) is 5.21. The van der Waals surface area contributed by atoms with Crippen LogP contribution in [0.2, 0.25) is 0 Å². The molecule has 0 spiro atoms. The van der Waals surface area contributed by atoms with E-state index in [0.717, 1.165) is 29.1 Å². The van der Waals surface area contributed by atoms with E-state index in [1.807, 2.05) is 36.0 Å². The molecule has 0 saturated carbocycles. The highest BCUT2D eigenvalue weighted by Crippen LogP contribution is 2.24. The molecule has 1 saturated heterocycles. The van der Waals surface area contributed by atoms with E-state index >= 15 is 0 Å². The van der Waals surface area contributed by atoms with Crippen molar-refractivity contribution in [3.05, 3.63) is 35.4 Å². The van der Waals surface area contributed by atoms with Crippen molar-refractivity contribution in [1.29, 1.82) is 0 Å². The Bertz CT molecular complexity index is 558. The minimum Gasteiger partial charge on any atom is -0.480 e. The highest BCUT2D eigenvalue weighted by Gasteiger charge is 2.35. The third-order valence-electron chi connectivity index (χ3n) is 4.05. The van der Waals surface area contributed by atoms with Gasteiger partial charge in [-0.3, -0.25) is 0 Å². The molecule has 0 radical (unpaired) electrons. The van der Waals surface area contributed by atoms with Gasteiger partial charge < -0.3 is 15.3 Å². The number of hydrogen-bond donors (Lipinski definition) is 2. The van der Waals surface area contributed by atoms with Gasteiger partial charge in [-0.25, -0.2) is 9.59 Å². The second-order valence-electron chi connectivity index (χ2n) is 5.46. The molecule has 2 aliphatic heterocycles. The Balaban J connectivity index is 1.78. The van der Waals surface area contributed by atoms with Gasteiger partial charge in [-0.05, 0) is 23.3 Å². The molecule has 1 unspecified atom stereocenters. The van der Waals surface area contributed by atoms with Crippen molar-refractivity contribution in [3.63, 3.8) is 0 Å². The molecule has 0 bridgehead atoms. The summed E-state index contributed by atoms with van der Waals surface area (Å²) in [6, 6.07) is 6.84. The topological polar surface area (TPSA) is 69.6 Å². The molecular weight excluding hydrogens is 288 g/mol. The summed E-state index contributed by atoms with van der Waals surface area (Å²) in [6.07, 6.45) is 1.33. The second kappa shape index (κ2) is 5.97. The van der Waals surface area contributed by atoms with Crippen LogP contribution < -0.4 is 5.32 Å². The lowest BCUT2D eigenvalue weighted by molar-refractivity contribution is -0.142. The number of aliphatic carboxylic acids is 1. The summed E-state index contributed by atoms with van der Waals surface area (Å²) in [7, 11) is 0. The number of urea groups is 1. The van der Waals surface area contributed by atoms with Gasteiger partial charge in [0.2, 0.25) is 0 Å². The van der Waals surface area contributed by atoms with Gasteiger partial charge in [-0.1, -0.05) is 24.3 Å². The lowest BCUT2D eigenvalue weighted by Gasteiger charge is -2.35. The van der Waals surface area contributed by atoms with Gasteiger partial charge in [0.15, 0.2) is 0 Å². The van der Waals surface area contributed by atoms with Gasteiger partial charge in [-0.15, -0.1) is 0 Å². The third kappa shape index (κ3) is 3.00. The normalized spacial score (nSPS) is 24.5. The molecule has 1 aromatic carbocycles. The number of carboxylic acids is 1. The van der Waals surface area contributed by atoms with Crippen molar-refractivity contribution in [3.8, 4) is 0 Å². The number of amides is 2. The van der Waals surface area contributed by atoms with E-state index in [2.05, 4.69) is 5.32 Å². The van der Waals surface area contributed by atoms with Crippen LogP contribution in [-0.4, -0.2) is 45.6 Å². The summed E-state index contributed by atoms with van der Waals surface area (Å²) in [5.74, 6) is 1.02. The number of benzene rings is 1. The average Bonchev–Trinajstić information content (AvgIpc) is 2.98. The maximum absolute atomic E-state index is 12.4. The van der Waals surface area contributed by atoms with E-state index in [1.165, 1.54) is 4.90 Å². The second-order valence-corrected chi connectivity index (χ2v) is 6.61. The zero-order valence-electron chi connectivity index (χ0n) is 11.6. The molecule has 2 aliphatic rings. The zero-order chi connectivity index (χ0) is 14.8. The Morgan fingerprint density at radius 1 is 1.29 bits per heavy atom. The summed E-state index contributed by atoms with van der Waals surface area (Å²) in [5, 5.41) is 12.4. The lowest BCUT2D eigenvalue weighted by Crippen LogP contribution is -2.54. The fourth-order valence-electron chi connectivity index (χ4n) is 2.86. The number of carboxylic acid groups (broad SMARTS) is 1. The van der Waals surface area contributed by atoms with Crippen molar-refractivity contribution >= 4 is 23.8 Å². The largest absolute Gasteiger partial charge is 0.480 e. The van der Waals surface area contributed by atoms with Crippen molar-refractivity contribution in [1.82, 2.24) is 10.2 Å².